The summed E-state index contributed by atoms with van der Waals surface area (Å²) in [7, 11) is 0. The summed E-state index contributed by atoms with van der Waals surface area (Å²) in [6.07, 6.45) is -0.275. The zero-order valence-electron chi connectivity index (χ0n) is 15.7. The topological polar surface area (TPSA) is 67.9 Å². The van der Waals surface area contributed by atoms with Gasteiger partial charge in [0.25, 0.3) is 11.8 Å². The molecule has 0 spiro atoms. The fraction of sp³-hybridized carbons (Fsp3) is 0.333. The second-order valence-corrected chi connectivity index (χ2v) is 6.79. The van der Waals surface area contributed by atoms with Gasteiger partial charge in [-0.15, -0.1) is 0 Å². The number of nitrogens with one attached hydrogen (secondary N) is 1. The molecular weight excluding hydrogens is 380 g/mol. The van der Waals surface area contributed by atoms with Gasteiger partial charge in [-0.05, 0) is 30.7 Å². The van der Waals surface area contributed by atoms with E-state index in [1.54, 1.807) is 53.4 Å². The van der Waals surface area contributed by atoms with Gasteiger partial charge in [0, 0.05) is 13.1 Å². The van der Waals surface area contributed by atoms with Gasteiger partial charge in [-0.3, -0.25) is 9.59 Å². The molecule has 0 aromatic heterocycles. The maximum Gasteiger partial charge on any atom is 0.265 e. The van der Waals surface area contributed by atoms with Crippen LogP contribution >= 0.6 is 11.6 Å². The van der Waals surface area contributed by atoms with E-state index in [0.29, 0.717) is 54.7 Å². The molecule has 0 aliphatic carbocycles. The standard InChI is InChI=1S/C21H23ClN2O4/c1-2-18(28-19-10-6-4-8-16(19)22)20(25)23-17-9-5-3-7-15(17)21(26)24-11-13-27-14-12-24/h3-10,18H,2,11-14H2,1H3,(H,23,25). The van der Waals surface area contributed by atoms with Crippen molar-refractivity contribution in [3.63, 3.8) is 0 Å². The minimum absolute atomic E-state index is 0.126. The maximum atomic E-state index is 12.8. The Morgan fingerprint density at radius 2 is 1.82 bits per heavy atom. The number of hydrogen-bond acceptors (Lipinski definition) is 4. The molecule has 2 amide bonds. The summed E-state index contributed by atoms with van der Waals surface area (Å²) in [5.74, 6) is -0.00670. The lowest BCUT2D eigenvalue weighted by Gasteiger charge is -2.27. The van der Waals surface area contributed by atoms with E-state index >= 15 is 0 Å². The zero-order chi connectivity index (χ0) is 19.9. The van der Waals surface area contributed by atoms with Crippen LogP contribution in [0, 0.1) is 0 Å². The highest BCUT2D eigenvalue weighted by Gasteiger charge is 2.24. The molecule has 2 aromatic carbocycles. The lowest BCUT2D eigenvalue weighted by atomic mass is 10.1. The molecule has 0 radical (unpaired) electrons. The Hall–Kier alpha value is -2.57. The number of benzene rings is 2. The molecule has 1 aliphatic rings. The molecule has 2 aromatic rings. The normalized spacial score (nSPS) is 15.0. The van der Waals surface area contributed by atoms with Gasteiger partial charge in [0.1, 0.15) is 5.75 Å². The van der Waals surface area contributed by atoms with E-state index in [0.717, 1.165) is 0 Å². The maximum absolute atomic E-state index is 12.8. The molecule has 7 heteroatoms. The quantitative estimate of drug-likeness (QED) is 0.801. The van der Waals surface area contributed by atoms with E-state index in [-0.39, 0.29) is 11.8 Å². The SMILES string of the molecule is CCC(Oc1ccccc1Cl)C(=O)Nc1ccccc1C(=O)N1CCOCC1. The van der Waals surface area contributed by atoms with Crippen LogP contribution in [0.15, 0.2) is 48.5 Å². The summed E-state index contributed by atoms with van der Waals surface area (Å²) in [5.41, 5.74) is 0.913. The van der Waals surface area contributed by atoms with Crippen molar-refractivity contribution in [2.45, 2.75) is 19.4 Å². The fourth-order valence-electron chi connectivity index (χ4n) is 2.94. The number of nitrogens with zero attached hydrogens (tertiary/aromatic N) is 1. The lowest BCUT2D eigenvalue weighted by molar-refractivity contribution is -0.122. The Morgan fingerprint density at radius 3 is 2.54 bits per heavy atom. The number of anilines is 1. The number of para-hydroxylation sites is 2. The summed E-state index contributed by atoms with van der Waals surface area (Å²) in [6.45, 7) is 3.96. The van der Waals surface area contributed by atoms with Gasteiger partial charge in [0.15, 0.2) is 6.10 Å². The molecule has 1 fully saturated rings. The predicted octanol–water partition coefficient (Wildman–Crippen LogP) is 3.61. The van der Waals surface area contributed by atoms with Crippen LogP contribution in [0.25, 0.3) is 0 Å². The van der Waals surface area contributed by atoms with Gasteiger partial charge >= 0.3 is 0 Å². The number of ether oxygens (including phenoxy) is 2. The number of amides is 2. The molecule has 6 nitrogen and oxygen atoms in total. The molecule has 1 saturated heterocycles. The van der Waals surface area contributed by atoms with Crippen LogP contribution in [0.5, 0.6) is 5.75 Å². The molecule has 1 atom stereocenters. The monoisotopic (exact) mass is 402 g/mol. The third kappa shape index (κ3) is 4.82. The Labute approximate surface area is 169 Å². The molecule has 1 heterocycles. The number of carbonyl (C=O) groups excluding carboxylic acids is 2. The van der Waals surface area contributed by atoms with Crippen LogP contribution in [-0.2, 0) is 9.53 Å². The molecule has 1 aliphatic heterocycles. The van der Waals surface area contributed by atoms with Gasteiger partial charge in [-0.25, -0.2) is 0 Å². The second-order valence-electron chi connectivity index (χ2n) is 6.38. The average molecular weight is 403 g/mol. The molecule has 1 unspecified atom stereocenters. The molecule has 1 N–H and O–H groups in total. The fourth-order valence-corrected chi connectivity index (χ4v) is 3.12. The van der Waals surface area contributed by atoms with E-state index in [4.69, 9.17) is 21.1 Å². The smallest absolute Gasteiger partial charge is 0.265 e. The highest BCUT2D eigenvalue weighted by molar-refractivity contribution is 6.32. The van der Waals surface area contributed by atoms with Crippen molar-refractivity contribution >= 4 is 29.1 Å². The third-order valence-electron chi connectivity index (χ3n) is 4.48. The minimum Gasteiger partial charge on any atom is -0.479 e. The van der Waals surface area contributed by atoms with Crippen LogP contribution in [0.1, 0.15) is 23.7 Å². The number of carbonyl (C=O) groups is 2. The van der Waals surface area contributed by atoms with E-state index in [2.05, 4.69) is 5.32 Å². The third-order valence-corrected chi connectivity index (χ3v) is 4.79. The van der Waals surface area contributed by atoms with Crippen molar-refractivity contribution in [2.24, 2.45) is 0 Å². The van der Waals surface area contributed by atoms with Gasteiger partial charge in [-0.2, -0.15) is 0 Å². The average Bonchev–Trinajstić information content (AvgIpc) is 2.73. The number of halogens is 1. The van der Waals surface area contributed by atoms with Crippen LogP contribution in [0.2, 0.25) is 5.02 Å². The molecular formula is C21H23ClN2O4. The molecule has 0 saturated carbocycles. The van der Waals surface area contributed by atoms with Gasteiger partial charge in [-0.1, -0.05) is 42.8 Å². The van der Waals surface area contributed by atoms with Crippen LogP contribution in [0.3, 0.4) is 0 Å². The summed E-state index contributed by atoms with van der Waals surface area (Å²) in [5, 5.41) is 3.28. The Bertz CT molecular complexity index is 837. The number of hydrogen-bond donors (Lipinski definition) is 1. The summed E-state index contributed by atoms with van der Waals surface area (Å²) >= 11 is 6.13. The lowest BCUT2D eigenvalue weighted by Crippen LogP contribution is -2.41. The summed E-state index contributed by atoms with van der Waals surface area (Å²) in [4.78, 5) is 27.4. The predicted molar refractivity (Wildman–Crippen MR) is 108 cm³/mol. The second kappa shape index (κ2) is 9.57. The first-order valence-electron chi connectivity index (χ1n) is 9.28. The molecule has 3 rings (SSSR count). The number of morpholine rings is 1. The Morgan fingerprint density at radius 1 is 1.14 bits per heavy atom. The van der Waals surface area contributed by atoms with Gasteiger partial charge in [0.05, 0.1) is 29.5 Å². The van der Waals surface area contributed by atoms with E-state index in [9.17, 15) is 9.59 Å². The first-order chi connectivity index (χ1) is 13.6. The summed E-state index contributed by atoms with van der Waals surface area (Å²) < 4.78 is 11.1. The van der Waals surface area contributed by atoms with Crippen molar-refractivity contribution in [1.29, 1.82) is 0 Å². The largest absolute Gasteiger partial charge is 0.479 e. The minimum atomic E-state index is -0.730. The van der Waals surface area contributed by atoms with Crippen molar-refractivity contribution in [3.05, 3.63) is 59.1 Å². The first kappa shape index (κ1) is 20.2. The highest BCUT2D eigenvalue weighted by Crippen LogP contribution is 2.25. The molecule has 148 valence electrons. The van der Waals surface area contributed by atoms with Crippen molar-refractivity contribution in [1.82, 2.24) is 4.90 Å². The Kier molecular flexibility index (Phi) is 6.90. The van der Waals surface area contributed by atoms with Crippen LogP contribution in [0.4, 0.5) is 5.69 Å². The van der Waals surface area contributed by atoms with Crippen LogP contribution in [-0.4, -0.2) is 49.1 Å². The van der Waals surface area contributed by atoms with E-state index < -0.39 is 6.10 Å². The van der Waals surface area contributed by atoms with Gasteiger partial charge in [0.2, 0.25) is 0 Å². The van der Waals surface area contributed by atoms with Crippen molar-refractivity contribution in [3.8, 4) is 5.75 Å². The van der Waals surface area contributed by atoms with Gasteiger partial charge < -0.3 is 19.7 Å². The highest BCUT2D eigenvalue weighted by atomic mass is 35.5. The van der Waals surface area contributed by atoms with E-state index in [1.807, 2.05) is 6.92 Å². The van der Waals surface area contributed by atoms with Crippen molar-refractivity contribution in [2.75, 3.05) is 31.6 Å². The number of rotatable bonds is 6. The van der Waals surface area contributed by atoms with Crippen LogP contribution < -0.4 is 10.1 Å². The first-order valence-corrected chi connectivity index (χ1v) is 9.66. The molecule has 0 bridgehead atoms. The Balaban J connectivity index is 1.74. The molecule has 28 heavy (non-hydrogen) atoms. The van der Waals surface area contributed by atoms with E-state index in [1.165, 1.54) is 0 Å². The zero-order valence-corrected chi connectivity index (χ0v) is 16.4. The van der Waals surface area contributed by atoms with Crippen molar-refractivity contribution < 1.29 is 19.1 Å². The summed E-state index contributed by atoms with van der Waals surface area (Å²) in [6, 6.07) is 14.0.